The number of phosphoric ester groups is 1. The summed E-state index contributed by atoms with van der Waals surface area (Å²) in [6.07, 6.45) is 0. The summed E-state index contributed by atoms with van der Waals surface area (Å²) in [5, 5.41) is -2.31. The van der Waals surface area contributed by atoms with Gasteiger partial charge in [-0.05, 0) is 28.5 Å². The molecule has 2 aromatic rings. The predicted octanol–water partition coefficient (Wildman–Crippen LogP) is -20.1. The van der Waals surface area contributed by atoms with Crippen LogP contribution in [0.25, 0.3) is 10.8 Å². The van der Waals surface area contributed by atoms with Gasteiger partial charge in [0.05, 0.1) is 0 Å². The van der Waals surface area contributed by atoms with E-state index in [-0.39, 0.29) is 130 Å². The number of fused-ring (bicyclic) bond motifs is 1. The maximum absolute atomic E-state index is 11.1. The van der Waals surface area contributed by atoms with Gasteiger partial charge in [-0.2, -0.15) is 0 Å². The standard InChI is InChI=1S/C11H13O10P3.6Li/c12-22(13,14)11(23(15,16)17)9-2-1-8-6-10(21-24(18,19)20)4-3-7(8)5-9;;;;;;/h1-6,11H,(H2,12,13,14)(H2,15,16,17)(H2,18,19,20);;;;;;/q;6*+1/p-6. The van der Waals surface area contributed by atoms with Gasteiger partial charge in [0, 0.05) is 5.40 Å². The first-order valence-electron chi connectivity index (χ1n) is 6.06. The Labute approximate surface area is 245 Å². The van der Waals surface area contributed by atoms with Gasteiger partial charge in [0.2, 0.25) is 0 Å². The molecule has 0 unspecified atom stereocenters. The minimum Gasteiger partial charge on any atom is -0.810 e. The van der Waals surface area contributed by atoms with Gasteiger partial charge in [0.15, 0.2) is 0 Å². The van der Waals surface area contributed by atoms with E-state index in [0.717, 1.165) is 30.3 Å². The van der Waals surface area contributed by atoms with E-state index in [4.69, 9.17) is 0 Å². The average molecular weight is 434 g/mol. The fraction of sp³-hybridized carbons (Fsp3) is 0.0909. The SMILES string of the molecule is O=P([O-])([O-])Oc1ccc2cc(C(P(=O)([O-])[O-])P(=O)([O-])[O-])ccc2c1.[Li+].[Li+].[Li+].[Li+].[Li+].[Li+]. The first-order chi connectivity index (χ1) is 10.8. The van der Waals surface area contributed by atoms with Crippen LogP contribution in [0.5, 0.6) is 5.75 Å². The Kier molecular flexibility index (Phi) is 23.1. The zero-order chi connectivity index (χ0) is 18.3. The first kappa shape index (κ1) is 42.7. The molecule has 2 aromatic carbocycles. The van der Waals surface area contributed by atoms with Crippen LogP contribution in [-0.4, -0.2) is 0 Å². The average Bonchev–Trinajstić information content (AvgIpc) is 2.33. The summed E-state index contributed by atoms with van der Waals surface area (Å²) in [5.41, 5.74) is -0.531. The minimum atomic E-state index is -5.77. The second-order valence-corrected chi connectivity index (χ2v) is 9.44. The van der Waals surface area contributed by atoms with Crippen molar-refractivity contribution in [1.29, 1.82) is 0 Å². The van der Waals surface area contributed by atoms with Gasteiger partial charge in [-0.3, -0.25) is 0 Å². The Bertz CT molecular complexity index is 907. The van der Waals surface area contributed by atoms with Gasteiger partial charge >= 0.3 is 113 Å². The predicted molar refractivity (Wildman–Crippen MR) is 70.1 cm³/mol. The molecule has 19 heteroatoms. The van der Waals surface area contributed by atoms with Crippen LogP contribution in [-0.2, 0) is 13.7 Å². The second-order valence-electron chi connectivity index (χ2n) is 4.76. The van der Waals surface area contributed by atoms with Crippen LogP contribution < -0.4 is 147 Å². The van der Waals surface area contributed by atoms with E-state index in [2.05, 4.69) is 4.52 Å². The molecule has 0 N–H and O–H groups in total. The Hall–Kier alpha value is 2.53. The van der Waals surface area contributed by atoms with Crippen molar-refractivity contribution in [2.75, 3.05) is 0 Å². The molecule has 0 saturated heterocycles. The van der Waals surface area contributed by atoms with Crippen molar-refractivity contribution in [2.45, 2.75) is 5.40 Å². The summed E-state index contributed by atoms with van der Waals surface area (Å²) < 4.78 is 36.9. The topological polar surface area (TPSA) is 199 Å². The third kappa shape index (κ3) is 12.8. The van der Waals surface area contributed by atoms with E-state index >= 15 is 0 Å². The molecule has 0 aliphatic carbocycles. The maximum Gasteiger partial charge on any atom is 1.00 e. The van der Waals surface area contributed by atoms with Gasteiger partial charge in [0.1, 0.15) is 13.6 Å². The number of phosphoric acid groups is 1. The summed E-state index contributed by atoms with van der Waals surface area (Å²) in [6.45, 7) is 0. The van der Waals surface area contributed by atoms with Crippen LogP contribution in [0, 0.1) is 0 Å². The van der Waals surface area contributed by atoms with E-state index in [9.17, 15) is 43.1 Å². The van der Waals surface area contributed by atoms with Gasteiger partial charge in [-0.25, -0.2) is 0 Å². The Morgan fingerprint density at radius 3 is 1.43 bits per heavy atom. The quantitative estimate of drug-likeness (QED) is 0.322. The van der Waals surface area contributed by atoms with Crippen LogP contribution in [0.3, 0.4) is 0 Å². The Morgan fingerprint density at radius 1 is 0.633 bits per heavy atom. The van der Waals surface area contributed by atoms with E-state index in [1.165, 1.54) is 6.07 Å². The van der Waals surface area contributed by atoms with Crippen molar-refractivity contribution in [3.8, 4) is 5.75 Å². The largest absolute Gasteiger partial charge is 1.00 e. The molecule has 0 bridgehead atoms. The molecule has 0 amide bonds. The number of benzene rings is 2. The summed E-state index contributed by atoms with van der Waals surface area (Å²) in [4.78, 5) is 65.5. The fourth-order valence-corrected chi connectivity index (χ4v) is 4.94. The van der Waals surface area contributed by atoms with Gasteiger partial charge < -0.3 is 47.6 Å². The molecular formula is C11H7Li6O10P3. The van der Waals surface area contributed by atoms with Gasteiger partial charge in [0.25, 0.3) is 0 Å². The molecule has 0 atom stereocenters. The number of rotatable bonds is 5. The molecule has 2 rings (SSSR count). The fourth-order valence-electron chi connectivity index (χ4n) is 2.13. The van der Waals surface area contributed by atoms with Crippen molar-refractivity contribution in [3.63, 3.8) is 0 Å². The van der Waals surface area contributed by atoms with Crippen molar-refractivity contribution in [1.82, 2.24) is 0 Å². The summed E-state index contributed by atoms with van der Waals surface area (Å²) >= 11 is 0. The summed E-state index contributed by atoms with van der Waals surface area (Å²) in [5.74, 6) is -0.309. The Balaban J connectivity index is -0.000000347. The molecule has 0 aliphatic heterocycles. The van der Waals surface area contributed by atoms with E-state index in [1.54, 1.807) is 0 Å². The van der Waals surface area contributed by atoms with Crippen LogP contribution in [0.15, 0.2) is 36.4 Å². The van der Waals surface area contributed by atoms with Gasteiger partial charge in [-0.15, -0.1) is 0 Å². The third-order valence-electron chi connectivity index (χ3n) is 2.95. The molecule has 132 valence electrons. The molecule has 0 spiro atoms. The smallest absolute Gasteiger partial charge is 0.810 e. The van der Waals surface area contributed by atoms with Crippen LogP contribution in [0.4, 0.5) is 0 Å². The van der Waals surface area contributed by atoms with Crippen molar-refractivity contribution < 1.29 is 161 Å². The molecule has 10 nitrogen and oxygen atoms in total. The molecular weight excluding hydrogens is 427 g/mol. The molecule has 0 saturated carbocycles. The zero-order valence-electron chi connectivity index (χ0n) is 17.5. The molecule has 0 fully saturated rings. The normalized spacial score (nSPS) is 10.8. The van der Waals surface area contributed by atoms with Crippen LogP contribution in [0.1, 0.15) is 11.0 Å². The first-order valence-corrected chi connectivity index (χ1v) is 10.7. The van der Waals surface area contributed by atoms with E-state index < -0.39 is 34.0 Å². The summed E-state index contributed by atoms with van der Waals surface area (Å²) in [7, 11) is -16.8. The number of hydrogen-bond acceptors (Lipinski definition) is 10. The minimum absolute atomic E-state index is 0. The van der Waals surface area contributed by atoms with Crippen molar-refractivity contribution in [3.05, 3.63) is 42.0 Å². The molecule has 30 heavy (non-hydrogen) atoms. The second kappa shape index (κ2) is 16.3. The zero-order valence-corrected chi connectivity index (χ0v) is 20.1. The van der Waals surface area contributed by atoms with Gasteiger partial charge in [-0.1, -0.05) is 39.5 Å². The molecule has 0 aliphatic rings. The summed E-state index contributed by atoms with van der Waals surface area (Å²) in [6, 6.07) is 6.45. The third-order valence-corrected chi connectivity index (χ3v) is 6.88. The number of hydrogen-bond donors (Lipinski definition) is 0. The van der Waals surface area contributed by atoms with Crippen LogP contribution >= 0.6 is 23.0 Å². The van der Waals surface area contributed by atoms with E-state index in [0.29, 0.717) is 0 Å². The van der Waals surface area contributed by atoms with Crippen molar-refractivity contribution in [2.24, 2.45) is 0 Å². The van der Waals surface area contributed by atoms with E-state index in [1.807, 2.05) is 0 Å². The molecule has 0 heterocycles. The molecule has 0 radical (unpaired) electrons. The molecule has 0 aromatic heterocycles. The Morgan fingerprint density at radius 2 is 1.03 bits per heavy atom. The maximum atomic E-state index is 11.1. The monoisotopic (exact) mass is 434 g/mol. The van der Waals surface area contributed by atoms with Crippen LogP contribution in [0.2, 0.25) is 0 Å². The van der Waals surface area contributed by atoms with Crippen molar-refractivity contribution >= 4 is 33.8 Å².